The van der Waals surface area contributed by atoms with E-state index in [0.717, 1.165) is 24.2 Å². The Balaban J connectivity index is 1.52. The summed E-state index contributed by atoms with van der Waals surface area (Å²) in [6.07, 6.45) is 3.25. The maximum Gasteiger partial charge on any atom is 0.316 e. The molecule has 4 heterocycles. The van der Waals surface area contributed by atoms with E-state index in [4.69, 9.17) is 16.1 Å². The molecule has 9 nitrogen and oxygen atoms in total. The van der Waals surface area contributed by atoms with E-state index in [1.165, 1.54) is 24.4 Å². The number of nitrogens with one attached hydrogen (secondary N) is 1. The lowest BCUT2D eigenvalue weighted by molar-refractivity contribution is 0.0743. The van der Waals surface area contributed by atoms with Crippen LogP contribution in [0.4, 0.5) is 5.82 Å². The fraction of sp³-hybridized carbons (Fsp3) is 0.250. The van der Waals surface area contributed by atoms with Crippen LogP contribution in [0.15, 0.2) is 38.5 Å². The Kier molecular flexibility index (Phi) is 5.04. The van der Waals surface area contributed by atoms with Crippen molar-refractivity contribution in [1.82, 2.24) is 20.0 Å². The Morgan fingerprint density at radius 1 is 1.29 bits per heavy atom. The number of likely N-dealkylation sites (tertiary alicyclic amines) is 1. The van der Waals surface area contributed by atoms with Gasteiger partial charge in [-0.15, -0.1) is 11.3 Å². The summed E-state index contributed by atoms with van der Waals surface area (Å²) < 4.78 is 32.5. The Morgan fingerprint density at radius 3 is 2.79 bits per heavy atom. The minimum Gasteiger partial charge on any atom is -0.334 e. The SMILES string of the molecule is O=C(c1nc(-c2csc(S(=O)(=O)Nc3ccc(Cl)cn3)c2)no1)N1CCCC1. The third-order valence-electron chi connectivity index (χ3n) is 4.07. The lowest BCUT2D eigenvalue weighted by Crippen LogP contribution is -2.27. The van der Waals surface area contributed by atoms with E-state index < -0.39 is 10.0 Å². The van der Waals surface area contributed by atoms with Crippen LogP contribution in [0, 0.1) is 0 Å². The number of amides is 1. The first-order valence-electron chi connectivity index (χ1n) is 8.29. The molecule has 1 aliphatic rings. The number of thiophene rings is 1. The lowest BCUT2D eigenvalue weighted by Gasteiger charge is -2.10. The van der Waals surface area contributed by atoms with Crippen LogP contribution in [-0.4, -0.2) is 47.4 Å². The standard InChI is InChI=1S/C16H14ClN5O4S2/c17-11-3-4-12(18-8-11)21-28(24,25)13-7-10(9-27-13)14-19-15(26-20-14)16(23)22-5-1-2-6-22/h3-4,7-9H,1-2,5-6H2,(H,18,21). The van der Waals surface area contributed by atoms with E-state index in [9.17, 15) is 13.2 Å². The molecule has 28 heavy (non-hydrogen) atoms. The highest BCUT2D eigenvalue weighted by molar-refractivity contribution is 7.94. The fourth-order valence-electron chi connectivity index (χ4n) is 2.68. The average molecular weight is 440 g/mol. The highest BCUT2D eigenvalue weighted by atomic mass is 35.5. The summed E-state index contributed by atoms with van der Waals surface area (Å²) >= 11 is 6.74. The molecule has 1 saturated heterocycles. The van der Waals surface area contributed by atoms with E-state index >= 15 is 0 Å². The highest BCUT2D eigenvalue weighted by Crippen LogP contribution is 2.28. The molecule has 3 aromatic rings. The topological polar surface area (TPSA) is 118 Å². The number of carbonyl (C=O) groups is 1. The van der Waals surface area contributed by atoms with Crippen molar-refractivity contribution in [3.63, 3.8) is 0 Å². The van der Waals surface area contributed by atoms with Crippen LogP contribution in [0.25, 0.3) is 11.4 Å². The van der Waals surface area contributed by atoms with Crippen LogP contribution in [0.5, 0.6) is 0 Å². The van der Waals surface area contributed by atoms with Gasteiger partial charge >= 0.3 is 11.8 Å². The maximum atomic E-state index is 12.5. The molecule has 1 aliphatic heterocycles. The quantitative estimate of drug-likeness (QED) is 0.649. The second-order valence-corrected chi connectivity index (χ2v) is 9.30. The predicted octanol–water partition coefficient (Wildman–Crippen LogP) is 2.88. The molecule has 0 saturated carbocycles. The number of hydrogen-bond donors (Lipinski definition) is 1. The van der Waals surface area contributed by atoms with Crippen molar-refractivity contribution in [2.24, 2.45) is 0 Å². The summed E-state index contributed by atoms with van der Waals surface area (Å²) in [5, 5.41) is 5.78. The number of rotatable bonds is 5. The summed E-state index contributed by atoms with van der Waals surface area (Å²) in [6.45, 7) is 1.34. The minimum absolute atomic E-state index is 0.0523. The molecule has 3 aromatic heterocycles. The highest BCUT2D eigenvalue weighted by Gasteiger charge is 2.26. The van der Waals surface area contributed by atoms with Crippen LogP contribution >= 0.6 is 22.9 Å². The van der Waals surface area contributed by atoms with Crippen LogP contribution in [0.2, 0.25) is 5.02 Å². The van der Waals surface area contributed by atoms with Crippen LogP contribution < -0.4 is 4.72 Å². The van der Waals surface area contributed by atoms with Gasteiger partial charge in [-0.1, -0.05) is 16.8 Å². The number of anilines is 1. The summed E-state index contributed by atoms with van der Waals surface area (Å²) in [5.74, 6) is -0.104. The largest absolute Gasteiger partial charge is 0.334 e. The molecule has 146 valence electrons. The van der Waals surface area contributed by atoms with Crippen molar-refractivity contribution < 1.29 is 17.7 Å². The molecule has 0 radical (unpaired) electrons. The third-order valence-corrected chi connectivity index (χ3v) is 7.08. The minimum atomic E-state index is -3.83. The maximum absolute atomic E-state index is 12.5. The second-order valence-electron chi connectivity index (χ2n) is 6.04. The zero-order valence-electron chi connectivity index (χ0n) is 14.3. The molecule has 0 unspecified atom stereocenters. The van der Waals surface area contributed by atoms with E-state index in [2.05, 4.69) is 19.8 Å². The van der Waals surface area contributed by atoms with Crippen molar-refractivity contribution in [1.29, 1.82) is 0 Å². The summed E-state index contributed by atoms with van der Waals surface area (Å²) in [7, 11) is -3.83. The molecule has 0 aromatic carbocycles. The molecule has 0 aliphatic carbocycles. The van der Waals surface area contributed by atoms with E-state index in [1.807, 2.05) is 0 Å². The Morgan fingerprint density at radius 2 is 2.07 bits per heavy atom. The number of halogens is 1. The van der Waals surface area contributed by atoms with Crippen molar-refractivity contribution in [2.45, 2.75) is 17.1 Å². The number of aromatic nitrogens is 3. The van der Waals surface area contributed by atoms with Crippen LogP contribution in [0.3, 0.4) is 0 Å². The summed E-state index contributed by atoms with van der Waals surface area (Å²) in [5.41, 5.74) is 0.443. The van der Waals surface area contributed by atoms with Gasteiger partial charge in [-0.25, -0.2) is 13.4 Å². The van der Waals surface area contributed by atoms with Gasteiger partial charge in [0.2, 0.25) is 5.82 Å². The van der Waals surface area contributed by atoms with Gasteiger partial charge in [0.1, 0.15) is 10.0 Å². The fourth-order valence-corrected chi connectivity index (χ4v) is 4.96. The van der Waals surface area contributed by atoms with E-state index in [1.54, 1.807) is 10.3 Å². The zero-order valence-corrected chi connectivity index (χ0v) is 16.7. The first kappa shape index (κ1) is 18.8. The normalized spacial score (nSPS) is 14.4. The van der Waals surface area contributed by atoms with Gasteiger partial charge in [0.15, 0.2) is 0 Å². The lowest BCUT2D eigenvalue weighted by atomic mass is 10.3. The molecule has 12 heteroatoms. The van der Waals surface area contributed by atoms with Gasteiger partial charge in [-0.05, 0) is 31.0 Å². The monoisotopic (exact) mass is 439 g/mol. The number of nitrogens with zero attached hydrogens (tertiary/aromatic N) is 4. The smallest absolute Gasteiger partial charge is 0.316 e. The van der Waals surface area contributed by atoms with E-state index in [-0.39, 0.29) is 27.6 Å². The number of carbonyl (C=O) groups excluding carboxylic acids is 1. The molecule has 1 N–H and O–H groups in total. The molecule has 4 rings (SSSR count). The molecule has 1 amide bonds. The molecule has 0 spiro atoms. The van der Waals surface area contributed by atoms with Crippen molar-refractivity contribution in [2.75, 3.05) is 17.8 Å². The van der Waals surface area contributed by atoms with Gasteiger partial charge in [0.25, 0.3) is 10.0 Å². The van der Waals surface area contributed by atoms with E-state index in [0.29, 0.717) is 23.7 Å². The van der Waals surface area contributed by atoms with Gasteiger partial charge in [-0.3, -0.25) is 9.52 Å². The number of hydrogen-bond acceptors (Lipinski definition) is 8. The molecule has 1 fully saturated rings. The molecular formula is C16H14ClN5O4S2. The van der Waals surface area contributed by atoms with Crippen molar-refractivity contribution in [3.05, 3.63) is 40.7 Å². The average Bonchev–Trinajstić information content (AvgIpc) is 3.42. The van der Waals surface area contributed by atoms with Gasteiger partial charge in [-0.2, -0.15) is 4.98 Å². The van der Waals surface area contributed by atoms with Crippen molar-refractivity contribution >= 4 is 44.7 Å². The summed E-state index contributed by atoms with van der Waals surface area (Å²) in [4.78, 5) is 22.0. The molecule has 0 atom stereocenters. The van der Waals surface area contributed by atoms with Gasteiger partial charge < -0.3 is 9.42 Å². The Hall–Kier alpha value is -2.50. The number of sulfonamides is 1. The predicted molar refractivity (Wildman–Crippen MR) is 103 cm³/mol. The first-order valence-corrected chi connectivity index (χ1v) is 11.0. The van der Waals surface area contributed by atoms with Crippen LogP contribution in [0.1, 0.15) is 23.5 Å². The Bertz CT molecular complexity index is 1100. The molecule has 0 bridgehead atoms. The van der Waals surface area contributed by atoms with Gasteiger partial charge in [0, 0.05) is 30.2 Å². The molecular weight excluding hydrogens is 426 g/mol. The van der Waals surface area contributed by atoms with Crippen molar-refractivity contribution in [3.8, 4) is 11.4 Å². The van der Waals surface area contributed by atoms with Crippen LogP contribution in [-0.2, 0) is 10.0 Å². The number of pyridine rings is 1. The third kappa shape index (κ3) is 3.86. The van der Waals surface area contributed by atoms with Gasteiger partial charge in [0.05, 0.1) is 5.02 Å². The summed E-state index contributed by atoms with van der Waals surface area (Å²) in [6, 6.07) is 4.41. The first-order chi connectivity index (χ1) is 13.4. The second kappa shape index (κ2) is 7.49. The zero-order chi connectivity index (χ0) is 19.7. The Labute approximate surface area is 169 Å².